The second kappa shape index (κ2) is 12.4. The van der Waals surface area contributed by atoms with E-state index in [2.05, 4.69) is 42.5 Å². The first-order valence-electron chi connectivity index (χ1n) is 15.3. The third-order valence-electron chi connectivity index (χ3n) is 8.50. The fraction of sp³-hybridized carbons (Fsp3) is 0.179. The zero-order valence-corrected chi connectivity index (χ0v) is 24.9. The van der Waals surface area contributed by atoms with Crippen molar-refractivity contribution < 1.29 is 19.4 Å². The number of para-hydroxylation sites is 1. The number of anilines is 1. The van der Waals surface area contributed by atoms with Crippen molar-refractivity contribution in [3.05, 3.63) is 156 Å². The first-order chi connectivity index (χ1) is 22.1. The molecule has 2 heterocycles. The first-order valence-corrected chi connectivity index (χ1v) is 15.3. The molecule has 0 saturated carbocycles. The van der Waals surface area contributed by atoms with Crippen LogP contribution in [0, 0.1) is 0 Å². The minimum absolute atomic E-state index is 0.0803. The molecule has 2 aliphatic rings. The van der Waals surface area contributed by atoms with Gasteiger partial charge in [0.15, 0.2) is 11.6 Å². The van der Waals surface area contributed by atoms with Gasteiger partial charge in [0.25, 0.3) is 5.91 Å². The Morgan fingerprint density at radius 2 is 1.42 bits per heavy atom. The molecule has 0 radical (unpaired) electrons. The summed E-state index contributed by atoms with van der Waals surface area (Å²) < 4.78 is 12.5. The second-order valence-corrected chi connectivity index (χ2v) is 11.5. The van der Waals surface area contributed by atoms with E-state index in [-0.39, 0.29) is 12.5 Å². The number of amides is 1. The highest BCUT2D eigenvalue weighted by Gasteiger charge is 2.57. The lowest BCUT2D eigenvalue weighted by atomic mass is 9.78. The average Bonchev–Trinajstić information content (AvgIpc) is 3.48. The van der Waals surface area contributed by atoms with Gasteiger partial charge in [-0.1, -0.05) is 103 Å². The highest BCUT2D eigenvalue weighted by atomic mass is 16.5. The van der Waals surface area contributed by atoms with Gasteiger partial charge >= 0.3 is 0 Å². The summed E-state index contributed by atoms with van der Waals surface area (Å²) >= 11 is 0. The van der Waals surface area contributed by atoms with E-state index in [1.165, 1.54) is 0 Å². The molecule has 0 aliphatic carbocycles. The molecule has 224 valence electrons. The summed E-state index contributed by atoms with van der Waals surface area (Å²) in [5.74, 6) is 1.05. The van der Waals surface area contributed by atoms with Crippen LogP contribution in [-0.2, 0) is 22.5 Å². The summed E-state index contributed by atoms with van der Waals surface area (Å²) in [5.41, 5.74) is 5.70. The molecule has 6 nitrogen and oxygen atoms in total. The van der Waals surface area contributed by atoms with E-state index >= 15 is 0 Å². The van der Waals surface area contributed by atoms with Gasteiger partial charge in [0.05, 0.1) is 13.2 Å². The number of benzene rings is 5. The maximum atomic E-state index is 14.9. The number of aliphatic imine (C=N–C) groups is 1. The van der Waals surface area contributed by atoms with Crippen molar-refractivity contribution in [1.29, 1.82) is 0 Å². The topological polar surface area (TPSA) is 71.4 Å². The van der Waals surface area contributed by atoms with Crippen molar-refractivity contribution in [3.63, 3.8) is 0 Å². The van der Waals surface area contributed by atoms with E-state index < -0.39 is 11.6 Å². The second-order valence-electron chi connectivity index (χ2n) is 11.5. The molecule has 1 N–H and O–H groups in total. The first kappa shape index (κ1) is 28.6. The molecule has 1 spiro atoms. The molecule has 0 saturated heterocycles. The van der Waals surface area contributed by atoms with E-state index in [0.29, 0.717) is 37.6 Å². The van der Waals surface area contributed by atoms with Crippen LogP contribution in [0.25, 0.3) is 11.1 Å². The van der Waals surface area contributed by atoms with Crippen molar-refractivity contribution in [1.82, 2.24) is 0 Å². The van der Waals surface area contributed by atoms with Crippen LogP contribution < -0.4 is 9.64 Å². The third-order valence-corrected chi connectivity index (χ3v) is 8.50. The predicted molar refractivity (Wildman–Crippen MR) is 176 cm³/mol. The summed E-state index contributed by atoms with van der Waals surface area (Å²) in [4.78, 5) is 21.9. The molecule has 6 heteroatoms. The summed E-state index contributed by atoms with van der Waals surface area (Å²) in [6.07, 6.45) is 0.356. The Morgan fingerprint density at radius 3 is 2.16 bits per heavy atom. The van der Waals surface area contributed by atoms with Crippen molar-refractivity contribution in [2.45, 2.75) is 31.0 Å². The normalized spacial score (nSPS) is 18.8. The number of aliphatic hydroxyl groups is 1. The van der Waals surface area contributed by atoms with Crippen LogP contribution >= 0.6 is 0 Å². The zero-order valence-electron chi connectivity index (χ0n) is 24.9. The lowest BCUT2D eigenvalue weighted by molar-refractivity contribution is -0.126. The quantitative estimate of drug-likeness (QED) is 0.184. The van der Waals surface area contributed by atoms with Gasteiger partial charge in [0.1, 0.15) is 5.75 Å². The van der Waals surface area contributed by atoms with Gasteiger partial charge < -0.3 is 19.5 Å². The molecule has 1 amide bonds. The Bertz CT molecular complexity index is 1800. The Morgan fingerprint density at radius 1 is 0.778 bits per heavy atom. The van der Waals surface area contributed by atoms with Gasteiger partial charge in [-0.2, -0.15) is 0 Å². The Labute approximate surface area is 263 Å². The molecule has 0 fully saturated rings. The van der Waals surface area contributed by atoms with Crippen LogP contribution in [0.15, 0.2) is 138 Å². The fourth-order valence-corrected chi connectivity index (χ4v) is 6.23. The number of fused-ring (bicyclic) bond motifs is 1. The number of rotatable bonds is 9. The number of carbonyl (C=O) groups excluding carboxylic acids is 1. The van der Waals surface area contributed by atoms with Crippen LogP contribution in [0.3, 0.4) is 0 Å². The Balaban J connectivity index is 1.30. The van der Waals surface area contributed by atoms with Crippen LogP contribution in [0.4, 0.5) is 5.69 Å². The number of carbonyl (C=O) groups is 1. The minimum Gasteiger partial charge on any atom is -0.494 e. The lowest BCUT2D eigenvalue weighted by Gasteiger charge is -2.41. The summed E-state index contributed by atoms with van der Waals surface area (Å²) in [7, 11) is 0. The van der Waals surface area contributed by atoms with Gasteiger partial charge in [0, 0.05) is 30.7 Å². The van der Waals surface area contributed by atoms with Crippen LogP contribution in [0.2, 0.25) is 0 Å². The van der Waals surface area contributed by atoms with Crippen LogP contribution in [0.1, 0.15) is 34.8 Å². The zero-order chi connectivity index (χ0) is 30.6. The minimum atomic E-state index is -1.19. The third kappa shape index (κ3) is 5.61. The van der Waals surface area contributed by atoms with E-state index in [9.17, 15) is 4.79 Å². The number of nitrogens with zero attached hydrogens (tertiary/aromatic N) is 2. The number of hydrogen-bond acceptors (Lipinski definition) is 5. The monoisotopic (exact) mass is 594 g/mol. The summed E-state index contributed by atoms with van der Waals surface area (Å²) in [6.45, 7) is 0.947. The van der Waals surface area contributed by atoms with Gasteiger partial charge in [-0.15, -0.1) is 0 Å². The van der Waals surface area contributed by atoms with Crippen LogP contribution in [-0.4, -0.2) is 35.7 Å². The molecular weight excluding hydrogens is 560 g/mol. The standard InChI is InChI=1S/C39H34N2O4/c42-24-9-25-44-34-22-20-32(21-23-34)37-40-39(36(45-37)31-18-16-30(17-19-31)29-12-5-2-6-13-29)26-33-14-7-8-15-35(33)41(38(39)43)27-28-10-3-1-4-11-28/h1-8,10-23,36,42H,9,24-27H2/t36-,39-/m0/s1. The van der Waals surface area contributed by atoms with Crippen molar-refractivity contribution >= 4 is 17.5 Å². The van der Waals surface area contributed by atoms with E-state index in [1.807, 2.05) is 95.9 Å². The Hall–Kier alpha value is -5.20. The fourth-order valence-electron chi connectivity index (χ4n) is 6.23. The summed E-state index contributed by atoms with van der Waals surface area (Å²) in [6, 6.07) is 44.2. The maximum Gasteiger partial charge on any atom is 0.259 e. The summed E-state index contributed by atoms with van der Waals surface area (Å²) in [5, 5.41) is 9.09. The molecule has 5 aromatic rings. The SMILES string of the molecule is O=C1N(Cc2ccccc2)c2ccccc2C[C@@]12N=C(c1ccc(OCCCO)cc1)O[C@H]2c1ccc(-c2ccccc2)cc1. The number of hydrogen-bond donors (Lipinski definition) is 1. The number of aliphatic hydroxyl groups excluding tert-OH is 1. The van der Waals surface area contributed by atoms with Crippen molar-refractivity contribution in [3.8, 4) is 16.9 Å². The van der Waals surface area contributed by atoms with Gasteiger partial charge in [0.2, 0.25) is 5.90 Å². The van der Waals surface area contributed by atoms with Gasteiger partial charge in [-0.25, -0.2) is 4.99 Å². The molecule has 0 aromatic heterocycles. The molecule has 5 aromatic carbocycles. The highest BCUT2D eigenvalue weighted by Crippen LogP contribution is 2.48. The largest absolute Gasteiger partial charge is 0.494 e. The molecule has 2 atom stereocenters. The molecule has 7 rings (SSSR count). The molecule has 0 bridgehead atoms. The maximum absolute atomic E-state index is 14.9. The van der Waals surface area contributed by atoms with Gasteiger partial charge in [-0.3, -0.25) is 4.79 Å². The van der Waals surface area contributed by atoms with Crippen molar-refractivity contribution in [2.75, 3.05) is 18.1 Å². The predicted octanol–water partition coefficient (Wildman–Crippen LogP) is 7.16. The van der Waals surface area contributed by atoms with Gasteiger partial charge in [-0.05, 0) is 58.1 Å². The highest BCUT2D eigenvalue weighted by molar-refractivity contribution is 6.08. The van der Waals surface area contributed by atoms with Crippen LogP contribution in [0.5, 0.6) is 5.75 Å². The van der Waals surface area contributed by atoms with Crippen molar-refractivity contribution in [2.24, 2.45) is 4.99 Å². The molecular formula is C39H34N2O4. The molecule has 2 aliphatic heterocycles. The molecule has 45 heavy (non-hydrogen) atoms. The Kier molecular flexibility index (Phi) is 7.89. The number of ether oxygens (including phenoxy) is 2. The van der Waals surface area contributed by atoms with E-state index in [0.717, 1.165) is 39.1 Å². The average molecular weight is 595 g/mol. The molecule has 0 unspecified atom stereocenters. The van der Waals surface area contributed by atoms with E-state index in [1.54, 1.807) is 0 Å². The smallest absolute Gasteiger partial charge is 0.259 e. The lowest BCUT2D eigenvalue weighted by Crippen LogP contribution is -2.54. The van der Waals surface area contributed by atoms with E-state index in [4.69, 9.17) is 19.6 Å².